The maximum absolute atomic E-state index is 8.84. The highest BCUT2D eigenvalue weighted by molar-refractivity contribution is 9.10. The van der Waals surface area contributed by atoms with Crippen LogP contribution in [0.1, 0.15) is 6.92 Å². The van der Waals surface area contributed by atoms with Gasteiger partial charge in [0.2, 0.25) is 0 Å². The first kappa shape index (κ1) is 10.8. The number of hydrogen-bond donors (Lipinski definition) is 2. The van der Waals surface area contributed by atoms with Crippen molar-refractivity contribution in [1.82, 2.24) is 4.98 Å². The SMILES string of the molecule is CC(CO)Sc1ncc(Br)cc1N. The second kappa shape index (κ2) is 4.83. The standard InChI is InChI=1S/C8H11BrN2OS/c1-5(4-12)13-8-7(10)2-6(9)3-11-8/h2-3,5,12H,4,10H2,1H3. The molecule has 0 saturated heterocycles. The third kappa shape index (κ3) is 3.17. The molecule has 0 bridgehead atoms. The van der Waals surface area contributed by atoms with E-state index in [2.05, 4.69) is 20.9 Å². The molecule has 1 atom stereocenters. The van der Waals surface area contributed by atoms with Crippen molar-refractivity contribution in [1.29, 1.82) is 0 Å². The molecule has 0 aliphatic carbocycles. The Labute approximate surface area is 89.9 Å². The largest absolute Gasteiger partial charge is 0.397 e. The number of thioether (sulfide) groups is 1. The van der Waals surface area contributed by atoms with Crippen LogP contribution in [0.3, 0.4) is 0 Å². The Hall–Kier alpha value is -0.260. The van der Waals surface area contributed by atoms with Gasteiger partial charge < -0.3 is 10.8 Å². The maximum Gasteiger partial charge on any atom is 0.119 e. The third-order valence-corrected chi connectivity index (χ3v) is 2.96. The van der Waals surface area contributed by atoms with E-state index in [9.17, 15) is 0 Å². The summed E-state index contributed by atoms with van der Waals surface area (Å²) in [5.74, 6) is 0. The van der Waals surface area contributed by atoms with Crippen molar-refractivity contribution >= 4 is 33.4 Å². The van der Waals surface area contributed by atoms with Crippen LogP contribution in [0.5, 0.6) is 0 Å². The first-order chi connectivity index (χ1) is 6.13. The highest BCUT2D eigenvalue weighted by Gasteiger charge is 2.07. The van der Waals surface area contributed by atoms with Crippen LogP contribution in [-0.4, -0.2) is 21.9 Å². The Kier molecular flexibility index (Phi) is 4.02. The van der Waals surface area contributed by atoms with Crippen LogP contribution < -0.4 is 5.73 Å². The predicted octanol–water partition coefficient (Wildman–Crippen LogP) is 1.90. The summed E-state index contributed by atoms with van der Waals surface area (Å²) >= 11 is 4.75. The minimum Gasteiger partial charge on any atom is -0.397 e. The van der Waals surface area contributed by atoms with Gasteiger partial charge in [0.15, 0.2) is 0 Å². The fourth-order valence-corrected chi connectivity index (χ4v) is 1.88. The Bertz CT molecular complexity index is 295. The second-order valence-electron chi connectivity index (χ2n) is 2.66. The minimum absolute atomic E-state index is 0.121. The van der Waals surface area contributed by atoms with Gasteiger partial charge in [-0.25, -0.2) is 4.98 Å². The van der Waals surface area contributed by atoms with Crippen LogP contribution in [0.4, 0.5) is 5.69 Å². The summed E-state index contributed by atoms with van der Waals surface area (Å²) < 4.78 is 0.867. The molecule has 1 heterocycles. The van der Waals surface area contributed by atoms with Gasteiger partial charge in [-0.05, 0) is 22.0 Å². The number of anilines is 1. The lowest BCUT2D eigenvalue weighted by atomic mass is 10.4. The molecule has 13 heavy (non-hydrogen) atoms. The molecule has 72 valence electrons. The van der Waals surface area contributed by atoms with Crippen LogP contribution in [0.2, 0.25) is 0 Å². The van der Waals surface area contributed by atoms with E-state index in [0.717, 1.165) is 9.50 Å². The van der Waals surface area contributed by atoms with Crippen LogP contribution in [0, 0.1) is 0 Å². The quantitative estimate of drug-likeness (QED) is 0.818. The van der Waals surface area contributed by atoms with Crippen molar-refractivity contribution in [3.63, 3.8) is 0 Å². The summed E-state index contributed by atoms with van der Waals surface area (Å²) in [6.45, 7) is 2.05. The summed E-state index contributed by atoms with van der Waals surface area (Å²) in [4.78, 5) is 4.15. The molecule has 0 aliphatic heterocycles. The molecular weight excluding hydrogens is 252 g/mol. The number of nitrogens with zero attached hydrogens (tertiary/aromatic N) is 1. The van der Waals surface area contributed by atoms with Crippen molar-refractivity contribution in [2.24, 2.45) is 0 Å². The lowest BCUT2D eigenvalue weighted by molar-refractivity contribution is 0.300. The summed E-state index contributed by atoms with van der Waals surface area (Å²) in [5, 5.41) is 9.73. The number of rotatable bonds is 3. The molecule has 1 aromatic heterocycles. The Morgan fingerprint density at radius 2 is 2.46 bits per heavy atom. The van der Waals surface area contributed by atoms with E-state index in [1.807, 2.05) is 6.92 Å². The van der Waals surface area contributed by atoms with Gasteiger partial charge >= 0.3 is 0 Å². The molecule has 5 heteroatoms. The summed E-state index contributed by atoms with van der Waals surface area (Å²) in [6, 6.07) is 1.80. The third-order valence-electron chi connectivity index (χ3n) is 1.42. The van der Waals surface area contributed by atoms with Crippen LogP contribution in [0.25, 0.3) is 0 Å². The first-order valence-electron chi connectivity index (χ1n) is 3.82. The lowest BCUT2D eigenvalue weighted by Crippen LogP contribution is -2.03. The average molecular weight is 263 g/mol. The van der Waals surface area contributed by atoms with Gasteiger partial charge in [0.25, 0.3) is 0 Å². The van der Waals surface area contributed by atoms with E-state index in [0.29, 0.717) is 5.69 Å². The fourth-order valence-electron chi connectivity index (χ4n) is 0.769. The molecular formula is C8H11BrN2OS. The summed E-state index contributed by atoms with van der Waals surface area (Å²) in [5.41, 5.74) is 6.37. The van der Waals surface area contributed by atoms with Gasteiger partial charge in [-0.1, -0.05) is 18.7 Å². The molecule has 0 saturated carbocycles. The van der Waals surface area contributed by atoms with Crippen molar-refractivity contribution in [2.45, 2.75) is 17.2 Å². The molecule has 0 fully saturated rings. The van der Waals surface area contributed by atoms with Gasteiger partial charge in [0.05, 0.1) is 12.3 Å². The van der Waals surface area contributed by atoms with Gasteiger partial charge in [0.1, 0.15) is 5.03 Å². The van der Waals surface area contributed by atoms with Crippen LogP contribution >= 0.6 is 27.7 Å². The minimum atomic E-state index is 0.121. The lowest BCUT2D eigenvalue weighted by Gasteiger charge is -2.08. The number of aromatic nitrogens is 1. The molecule has 1 rings (SSSR count). The number of nitrogen functional groups attached to an aromatic ring is 1. The average Bonchev–Trinajstić information content (AvgIpc) is 2.09. The van der Waals surface area contributed by atoms with Gasteiger partial charge in [-0.3, -0.25) is 0 Å². The van der Waals surface area contributed by atoms with Gasteiger partial charge in [0, 0.05) is 15.9 Å². The molecule has 0 amide bonds. The zero-order valence-electron chi connectivity index (χ0n) is 7.20. The van der Waals surface area contributed by atoms with Crippen molar-refractivity contribution in [3.8, 4) is 0 Å². The Morgan fingerprint density at radius 3 is 3.00 bits per heavy atom. The molecule has 0 spiro atoms. The van der Waals surface area contributed by atoms with E-state index in [4.69, 9.17) is 10.8 Å². The van der Waals surface area contributed by atoms with E-state index in [-0.39, 0.29) is 11.9 Å². The molecule has 3 N–H and O–H groups in total. The van der Waals surface area contributed by atoms with Crippen molar-refractivity contribution in [3.05, 3.63) is 16.7 Å². The summed E-state index contributed by atoms with van der Waals surface area (Å²) in [6.07, 6.45) is 1.70. The number of nitrogens with two attached hydrogens (primary N) is 1. The predicted molar refractivity (Wildman–Crippen MR) is 58.8 cm³/mol. The summed E-state index contributed by atoms with van der Waals surface area (Å²) in [7, 11) is 0. The highest BCUT2D eigenvalue weighted by Crippen LogP contribution is 2.27. The zero-order chi connectivity index (χ0) is 9.84. The molecule has 0 radical (unpaired) electrons. The molecule has 1 aromatic rings. The highest BCUT2D eigenvalue weighted by atomic mass is 79.9. The fraction of sp³-hybridized carbons (Fsp3) is 0.375. The van der Waals surface area contributed by atoms with Crippen LogP contribution in [0.15, 0.2) is 21.8 Å². The number of hydrogen-bond acceptors (Lipinski definition) is 4. The number of aliphatic hydroxyl groups excluding tert-OH is 1. The number of halogens is 1. The Balaban J connectivity index is 2.77. The Morgan fingerprint density at radius 1 is 1.77 bits per heavy atom. The zero-order valence-corrected chi connectivity index (χ0v) is 9.60. The van der Waals surface area contributed by atoms with E-state index >= 15 is 0 Å². The number of pyridine rings is 1. The normalized spacial score (nSPS) is 12.8. The van der Waals surface area contributed by atoms with E-state index < -0.39 is 0 Å². The van der Waals surface area contributed by atoms with Gasteiger partial charge in [-0.2, -0.15) is 0 Å². The molecule has 3 nitrogen and oxygen atoms in total. The van der Waals surface area contributed by atoms with Crippen LogP contribution in [-0.2, 0) is 0 Å². The monoisotopic (exact) mass is 262 g/mol. The van der Waals surface area contributed by atoms with Gasteiger partial charge in [-0.15, -0.1) is 0 Å². The smallest absolute Gasteiger partial charge is 0.119 e. The molecule has 0 aliphatic rings. The maximum atomic E-state index is 8.84. The van der Waals surface area contributed by atoms with Crippen molar-refractivity contribution in [2.75, 3.05) is 12.3 Å². The molecule has 1 unspecified atom stereocenters. The van der Waals surface area contributed by atoms with Crippen molar-refractivity contribution < 1.29 is 5.11 Å². The topological polar surface area (TPSA) is 59.1 Å². The second-order valence-corrected chi connectivity index (χ2v) is 5.00. The molecule has 0 aromatic carbocycles. The van der Waals surface area contributed by atoms with E-state index in [1.54, 1.807) is 12.3 Å². The number of aliphatic hydroxyl groups is 1. The van der Waals surface area contributed by atoms with E-state index in [1.165, 1.54) is 11.8 Å². The first-order valence-corrected chi connectivity index (χ1v) is 5.49.